The number of hydrogen-bond acceptors (Lipinski definition) is 1. The maximum absolute atomic E-state index is 10.1. The molecule has 0 unspecified atom stereocenters. The summed E-state index contributed by atoms with van der Waals surface area (Å²) < 4.78 is 0. The van der Waals surface area contributed by atoms with Gasteiger partial charge in [0.05, 0.1) is 0 Å². The smallest absolute Gasteiger partial charge is 0.119 e. The summed E-state index contributed by atoms with van der Waals surface area (Å²) in [5.41, 5.74) is 2.11. The van der Waals surface area contributed by atoms with Crippen LogP contribution in [0.1, 0.15) is 37.3 Å². The molecule has 0 aromatic heterocycles. The first-order valence-corrected chi connectivity index (χ1v) is 7.03. The molecule has 0 spiro atoms. The molecule has 2 heteroatoms. The van der Waals surface area contributed by atoms with E-state index in [1.807, 2.05) is 54.6 Å². The molecule has 0 saturated carbocycles. The summed E-state index contributed by atoms with van der Waals surface area (Å²) in [6.07, 6.45) is 2.91. The van der Waals surface area contributed by atoms with Crippen molar-refractivity contribution in [3.05, 3.63) is 84.8 Å². The van der Waals surface area contributed by atoms with Gasteiger partial charge in [-0.3, -0.25) is 0 Å². The summed E-state index contributed by atoms with van der Waals surface area (Å²) in [6.45, 7) is 7.13. The second-order valence-corrected chi connectivity index (χ2v) is 4.34. The Labute approximate surface area is 141 Å². The molecule has 0 amide bonds. The van der Waals surface area contributed by atoms with E-state index in [2.05, 4.69) is 26.0 Å². The molecule has 1 N–H and O–H groups in total. The second-order valence-electron chi connectivity index (χ2n) is 4.34. The van der Waals surface area contributed by atoms with E-state index in [4.69, 9.17) is 0 Å². The Morgan fingerprint density at radius 2 is 1.48 bits per heavy atom. The zero-order valence-corrected chi connectivity index (χ0v) is 16.0. The van der Waals surface area contributed by atoms with Crippen molar-refractivity contribution in [2.45, 2.75) is 26.2 Å². The Morgan fingerprint density at radius 3 is 1.95 bits per heavy atom. The molecule has 0 aliphatic heterocycles. The Kier molecular flexibility index (Phi) is 10.5. The summed E-state index contributed by atoms with van der Waals surface area (Å²) in [4.78, 5) is 0. The topological polar surface area (TPSA) is 20.2 Å². The first kappa shape index (κ1) is 19.6. The SMILES string of the molecule is CC[C@@H](/C=C(/O)c1ccccc1)c1ccccc1.[CH2-]C.[Zn]. The van der Waals surface area contributed by atoms with Gasteiger partial charge >= 0.3 is 0 Å². The molecule has 1 atom stereocenters. The summed E-state index contributed by atoms with van der Waals surface area (Å²) in [6, 6.07) is 19.9. The van der Waals surface area contributed by atoms with Crippen LogP contribution in [0, 0.1) is 6.92 Å². The molecular formula is C19H23OZn-. The number of benzene rings is 2. The van der Waals surface area contributed by atoms with E-state index in [1.165, 1.54) is 5.56 Å². The van der Waals surface area contributed by atoms with Crippen molar-refractivity contribution in [1.29, 1.82) is 0 Å². The maximum Gasteiger partial charge on any atom is 0.119 e. The van der Waals surface area contributed by atoms with Gasteiger partial charge in [0.25, 0.3) is 0 Å². The summed E-state index contributed by atoms with van der Waals surface area (Å²) in [5.74, 6) is 0.609. The maximum atomic E-state index is 10.1. The Balaban J connectivity index is 0.00000128. The van der Waals surface area contributed by atoms with Crippen molar-refractivity contribution in [3.63, 3.8) is 0 Å². The molecule has 0 saturated heterocycles. The molecule has 1 nitrogen and oxygen atoms in total. The van der Waals surface area contributed by atoms with Crippen LogP contribution in [-0.2, 0) is 19.5 Å². The Bertz CT molecular complexity index is 506. The number of allylic oxidation sites excluding steroid dienone is 1. The molecule has 0 radical (unpaired) electrons. The van der Waals surface area contributed by atoms with Gasteiger partial charge < -0.3 is 12.0 Å². The van der Waals surface area contributed by atoms with E-state index in [1.54, 1.807) is 6.92 Å². The van der Waals surface area contributed by atoms with Gasteiger partial charge in [0, 0.05) is 31.0 Å². The van der Waals surface area contributed by atoms with Crippen LogP contribution in [0.25, 0.3) is 5.76 Å². The Morgan fingerprint density at radius 1 is 1.00 bits per heavy atom. The molecular weight excluding hydrogens is 310 g/mol. The average molecular weight is 333 g/mol. The second kappa shape index (κ2) is 11.3. The molecule has 0 bridgehead atoms. The zero-order valence-electron chi connectivity index (χ0n) is 13.0. The number of hydrogen-bond donors (Lipinski definition) is 1. The monoisotopic (exact) mass is 331 g/mol. The van der Waals surface area contributed by atoms with Gasteiger partial charge in [-0.05, 0) is 18.1 Å². The Hall–Kier alpha value is -1.40. The van der Waals surface area contributed by atoms with Crippen LogP contribution in [0.3, 0.4) is 0 Å². The third kappa shape index (κ3) is 6.27. The first-order valence-electron chi connectivity index (χ1n) is 7.03. The predicted molar refractivity (Wildman–Crippen MR) is 87.6 cm³/mol. The van der Waals surface area contributed by atoms with Crippen LogP contribution >= 0.6 is 0 Å². The van der Waals surface area contributed by atoms with Crippen molar-refractivity contribution < 1.29 is 24.6 Å². The minimum absolute atomic E-state index is 0. The molecule has 2 aromatic rings. The zero-order chi connectivity index (χ0) is 14.8. The third-order valence-electron chi connectivity index (χ3n) is 3.10. The molecule has 0 aliphatic rings. The van der Waals surface area contributed by atoms with E-state index in [0.717, 1.165) is 12.0 Å². The van der Waals surface area contributed by atoms with Crippen LogP contribution in [0.2, 0.25) is 0 Å². The standard InChI is InChI=1S/C17H18O.C2H5.Zn/c1-2-14(15-9-5-3-6-10-15)13-17(18)16-11-7-4-8-12-16;1-2;/h3-14,18H,2H2,1H3;1H2,2H3;/q;-1;/b17-13+;;/t14-;;/m0../s1. The largest absolute Gasteiger partial charge is 0.508 e. The molecule has 0 fully saturated rings. The number of aliphatic hydroxyl groups excluding tert-OH is 1. The number of aliphatic hydroxyl groups is 1. The molecule has 108 valence electrons. The van der Waals surface area contributed by atoms with E-state index in [9.17, 15) is 5.11 Å². The fraction of sp³-hybridized carbons (Fsp3) is 0.211. The van der Waals surface area contributed by atoms with Gasteiger partial charge in [0.15, 0.2) is 0 Å². The van der Waals surface area contributed by atoms with Gasteiger partial charge in [-0.1, -0.05) is 67.6 Å². The molecule has 2 rings (SSSR count). The van der Waals surface area contributed by atoms with Crippen LogP contribution in [0.4, 0.5) is 0 Å². The van der Waals surface area contributed by atoms with Crippen molar-refractivity contribution in [2.24, 2.45) is 0 Å². The van der Waals surface area contributed by atoms with Crippen molar-refractivity contribution >= 4 is 5.76 Å². The van der Waals surface area contributed by atoms with Crippen molar-refractivity contribution in [3.8, 4) is 0 Å². The molecule has 0 heterocycles. The minimum atomic E-state index is 0. The number of rotatable bonds is 4. The van der Waals surface area contributed by atoms with Crippen LogP contribution in [0.5, 0.6) is 0 Å². The summed E-state index contributed by atoms with van der Waals surface area (Å²) >= 11 is 0. The van der Waals surface area contributed by atoms with Gasteiger partial charge in [-0.2, -0.15) is 6.92 Å². The normalized spacial score (nSPS) is 11.7. The van der Waals surface area contributed by atoms with Crippen molar-refractivity contribution in [1.82, 2.24) is 0 Å². The van der Waals surface area contributed by atoms with Crippen molar-refractivity contribution in [2.75, 3.05) is 0 Å². The predicted octanol–water partition coefficient (Wildman–Crippen LogP) is 5.62. The fourth-order valence-corrected chi connectivity index (χ4v) is 2.05. The van der Waals surface area contributed by atoms with Crippen LogP contribution < -0.4 is 0 Å². The van der Waals surface area contributed by atoms with Gasteiger partial charge in [0.2, 0.25) is 0 Å². The molecule has 2 aromatic carbocycles. The van der Waals surface area contributed by atoms with Crippen LogP contribution in [-0.4, -0.2) is 5.11 Å². The van der Waals surface area contributed by atoms with E-state index in [-0.39, 0.29) is 25.4 Å². The van der Waals surface area contributed by atoms with E-state index in [0.29, 0.717) is 5.76 Å². The van der Waals surface area contributed by atoms with Gasteiger partial charge in [0.1, 0.15) is 5.76 Å². The fourth-order valence-electron chi connectivity index (χ4n) is 2.05. The average Bonchev–Trinajstić information content (AvgIpc) is 2.56. The minimum Gasteiger partial charge on any atom is -0.508 e. The first-order chi connectivity index (χ1) is 9.81. The summed E-state index contributed by atoms with van der Waals surface area (Å²) in [7, 11) is 0. The third-order valence-corrected chi connectivity index (χ3v) is 3.10. The van der Waals surface area contributed by atoms with E-state index < -0.39 is 0 Å². The van der Waals surface area contributed by atoms with Crippen LogP contribution in [0.15, 0.2) is 66.7 Å². The molecule has 0 aliphatic carbocycles. The quantitative estimate of drug-likeness (QED) is 0.438. The van der Waals surface area contributed by atoms with Gasteiger partial charge in [-0.15, -0.1) is 0 Å². The summed E-state index contributed by atoms with van der Waals surface area (Å²) in [5, 5.41) is 10.1. The van der Waals surface area contributed by atoms with Gasteiger partial charge in [-0.25, -0.2) is 0 Å². The van der Waals surface area contributed by atoms with E-state index >= 15 is 0 Å². The molecule has 21 heavy (non-hydrogen) atoms.